The van der Waals surface area contributed by atoms with Gasteiger partial charge in [-0.05, 0) is 44.2 Å². The fraction of sp³-hybridized carbons (Fsp3) is 0.600. The summed E-state index contributed by atoms with van der Waals surface area (Å²) in [6.45, 7) is 7.02. The Kier molecular flexibility index (Phi) is 2.96. The van der Waals surface area contributed by atoms with E-state index in [4.69, 9.17) is 0 Å². The van der Waals surface area contributed by atoms with Crippen molar-refractivity contribution in [2.75, 3.05) is 24.5 Å². The van der Waals surface area contributed by atoms with E-state index in [1.54, 1.807) is 0 Å². The van der Waals surface area contributed by atoms with Gasteiger partial charge in [-0.1, -0.05) is 0 Å². The largest absolute Gasteiger partial charge is 0.371 e. The number of carbonyl (C=O) groups excluding carboxylic acids is 1. The first-order valence-corrected chi connectivity index (χ1v) is 7.07. The van der Waals surface area contributed by atoms with Gasteiger partial charge in [0.05, 0.1) is 5.41 Å². The van der Waals surface area contributed by atoms with Gasteiger partial charge in [-0.15, -0.1) is 0 Å². The van der Waals surface area contributed by atoms with Crippen LogP contribution in [0, 0.1) is 19.3 Å². The normalized spacial score (nSPS) is 21.8. The molecule has 102 valence electrons. The van der Waals surface area contributed by atoms with E-state index in [-0.39, 0.29) is 11.3 Å². The van der Waals surface area contributed by atoms with Crippen LogP contribution in [-0.2, 0) is 4.79 Å². The van der Waals surface area contributed by atoms with Crippen molar-refractivity contribution < 1.29 is 4.79 Å². The van der Waals surface area contributed by atoms with Gasteiger partial charge in [0, 0.05) is 37.7 Å². The fourth-order valence-electron chi connectivity index (χ4n) is 3.54. The zero-order valence-electron chi connectivity index (χ0n) is 11.7. The van der Waals surface area contributed by atoms with Gasteiger partial charge in [-0.25, -0.2) is 0 Å². The molecule has 4 heteroatoms. The van der Waals surface area contributed by atoms with Gasteiger partial charge in [0.15, 0.2) is 0 Å². The van der Waals surface area contributed by atoms with Crippen LogP contribution in [-0.4, -0.2) is 30.5 Å². The molecule has 2 aliphatic heterocycles. The number of aryl methyl sites for hydroxylation is 2. The number of piperidine rings is 1. The first kappa shape index (κ1) is 12.5. The molecule has 3 heterocycles. The third kappa shape index (κ3) is 1.99. The standard InChI is InChI=1S/C15H21N3O/c1-11-9-16-10-12(2)13(11)18-7-4-15(5-8-18)3-6-17-14(15)19/h9-10H,3-8H2,1-2H3,(H,17,19). The lowest BCUT2D eigenvalue weighted by atomic mass is 9.77. The Hall–Kier alpha value is -1.58. The molecule has 4 nitrogen and oxygen atoms in total. The summed E-state index contributed by atoms with van der Waals surface area (Å²) in [5.74, 6) is 0.273. The third-order valence-electron chi connectivity index (χ3n) is 4.69. The van der Waals surface area contributed by atoms with E-state index >= 15 is 0 Å². The molecule has 1 spiro atoms. The molecule has 2 aliphatic rings. The predicted molar refractivity (Wildman–Crippen MR) is 75.2 cm³/mol. The van der Waals surface area contributed by atoms with E-state index in [0.29, 0.717) is 0 Å². The van der Waals surface area contributed by atoms with Crippen molar-refractivity contribution in [3.05, 3.63) is 23.5 Å². The number of pyridine rings is 1. The summed E-state index contributed by atoms with van der Waals surface area (Å²) >= 11 is 0. The maximum atomic E-state index is 12.0. The van der Waals surface area contributed by atoms with Gasteiger partial charge < -0.3 is 10.2 Å². The van der Waals surface area contributed by atoms with Gasteiger partial charge >= 0.3 is 0 Å². The average Bonchev–Trinajstić information content (AvgIpc) is 2.73. The second kappa shape index (κ2) is 4.51. The molecule has 1 amide bonds. The monoisotopic (exact) mass is 259 g/mol. The molecule has 0 aliphatic carbocycles. The molecule has 1 aromatic heterocycles. The Morgan fingerprint density at radius 3 is 2.32 bits per heavy atom. The third-order valence-corrected chi connectivity index (χ3v) is 4.69. The highest BCUT2D eigenvalue weighted by Gasteiger charge is 2.44. The Morgan fingerprint density at radius 1 is 1.16 bits per heavy atom. The minimum absolute atomic E-state index is 0.0780. The van der Waals surface area contributed by atoms with Gasteiger partial charge in [0.2, 0.25) is 5.91 Å². The highest BCUT2D eigenvalue weighted by atomic mass is 16.2. The van der Waals surface area contributed by atoms with Crippen molar-refractivity contribution in [1.29, 1.82) is 0 Å². The van der Waals surface area contributed by atoms with Crippen LogP contribution < -0.4 is 10.2 Å². The Labute approximate surface area is 114 Å². The molecule has 19 heavy (non-hydrogen) atoms. The molecule has 2 saturated heterocycles. The highest BCUT2D eigenvalue weighted by molar-refractivity contribution is 5.85. The topological polar surface area (TPSA) is 45.2 Å². The number of aromatic nitrogens is 1. The molecule has 3 rings (SSSR count). The van der Waals surface area contributed by atoms with Crippen LogP contribution in [0.4, 0.5) is 5.69 Å². The van der Waals surface area contributed by atoms with Crippen molar-refractivity contribution in [2.24, 2.45) is 5.41 Å². The average molecular weight is 259 g/mol. The number of nitrogens with zero attached hydrogens (tertiary/aromatic N) is 2. The summed E-state index contributed by atoms with van der Waals surface area (Å²) in [4.78, 5) is 18.6. The molecule has 0 aromatic carbocycles. The van der Waals surface area contributed by atoms with Crippen molar-refractivity contribution in [2.45, 2.75) is 33.1 Å². The minimum Gasteiger partial charge on any atom is -0.371 e. The maximum Gasteiger partial charge on any atom is 0.226 e. The Balaban J connectivity index is 1.79. The van der Waals surface area contributed by atoms with E-state index in [1.807, 2.05) is 12.4 Å². The zero-order valence-corrected chi connectivity index (χ0v) is 11.7. The Bertz CT molecular complexity index is 484. The SMILES string of the molecule is Cc1cncc(C)c1N1CCC2(CCNC2=O)CC1. The summed E-state index contributed by atoms with van der Waals surface area (Å²) < 4.78 is 0. The fourth-order valence-corrected chi connectivity index (χ4v) is 3.54. The van der Waals surface area contributed by atoms with Crippen LogP contribution in [0.5, 0.6) is 0 Å². The van der Waals surface area contributed by atoms with E-state index in [9.17, 15) is 4.79 Å². The molecule has 0 radical (unpaired) electrons. The predicted octanol–water partition coefficient (Wildman–Crippen LogP) is 1.80. The lowest BCUT2D eigenvalue weighted by molar-refractivity contribution is -0.128. The molecular weight excluding hydrogens is 238 g/mol. The lowest BCUT2D eigenvalue weighted by Crippen LogP contribution is -2.44. The van der Waals surface area contributed by atoms with Crippen LogP contribution in [0.25, 0.3) is 0 Å². The van der Waals surface area contributed by atoms with Crippen molar-refractivity contribution in [3.63, 3.8) is 0 Å². The summed E-state index contributed by atoms with van der Waals surface area (Å²) in [7, 11) is 0. The highest BCUT2D eigenvalue weighted by Crippen LogP contribution is 2.40. The molecule has 1 aromatic rings. The van der Waals surface area contributed by atoms with E-state index in [1.165, 1.54) is 16.8 Å². The summed E-state index contributed by atoms with van der Waals surface area (Å²) in [6, 6.07) is 0. The zero-order chi connectivity index (χ0) is 13.5. The van der Waals surface area contributed by atoms with Gasteiger partial charge in [-0.2, -0.15) is 0 Å². The maximum absolute atomic E-state index is 12.0. The molecule has 0 atom stereocenters. The first-order valence-electron chi connectivity index (χ1n) is 7.07. The summed E-state index contributed by atoms with van der Waals surface area (Å²) in [6.07, 6.45) is 6.80. The van der Waals surface area contributed by atoms with Gasteiger partial charge in [-0.3, -0.25) is 9.78 Å². The lowest BCUT2D eigenvalue weighted by Gasteiger charge is -2.39. The second-order valence-corrected chi connectivity index (χ2v) is 5.90. The smallest absolute Gasteiger partial charge is 0.226 e. The second-order valence-electron chi connectivity index (χ2n) is 5.90. The summed E-state index contributed by atoms with van der Waals surface area (Å²) in [5, 5.41) is 2.99. The van der Waals surface area contributed by atoms with E-state index in [2.05, 4.69) is 29.0 Å². The van der Waals surface area contributed by atoms with Crippen LogP contribution in [0.15, 0.2) is 12.4 Å². The Morgan fingerprint density at radius 2 is 1.79 bits per heavy atom. The number of rotatable bonds is 1. The number of nitrogens with one attached hydrogen (secondary N) is 1. The van der Waals surface area contributed by atoms with Crippen LogP contribution in [0.2, 0.25) is 0 Å². The number of carbonyl (C=O) groups is 1. The van der Waals surface area contributed by atoms with Crippen LogP contribution in [0.1, 0.15) is 30.4 Å². The number of hydrogen-bond donors (Lipinski definition) is 1. The molecule has 2 fully saturated rings. The number of amides is 1. The van der Waals surface area contributed by atoms with Crippen LogP contribution in [0.3, 0.4) is 0 Å². The van der Waals surface area contributed by atoms with Gasteiger partial charge in [0.25, 0.3) is 0 Å². The molecule has 1 N–H and O–H groups in total. The quantitative estimate of drug-likeness (QED) is 0.836. The number of hydrogen-bond acceptors (Lipinski definition) is 3. The molecule has 0 unspecified atom stereocenters. The molecular formula is C15H21N3O. The van der Waals surface area contributed by atoms with E-state index < -0.39 is 0 Å². The van der Waals surface area contributed by atoms with E-state index in [0.717, 1.165) is 38.9 Å². The first-order chi connectivity index (χ1) is 9.12. The van der Waals surface area contributed by atoms with Gasteiger partial charge in [0.1, 0.15) is 0 Å². The minimum atomic E-state index is -0.0780. The van der Waals surface area contributed by atoms with Crippen LogP contribution >= 0.6 is 0 Å². The van der Waals surface area contributed by atoms with Crippen molar-refractivity contribution in [1.82, 2.24) is 10.3 Å². The van der Waals surface area contributed by atoms with Crippen molar-refractivity contribution >= 4 is 11.6 Å². The summed E-state index contributed by atoms with van der Waals surface area (Å²) in [5.41, 5.74) is 3.69. The number of anilines is 1. The molecule has 0 bridgehead atoms. The molecule has 0 saturated carbocycles. The van der Waals surface area contributed by atoms with Crippen molar-refractivity contribution in [3.8, 4) is 0 Å².